The summed E-state index contributed by atoms with van der Waals surface area (Å²) in [4.78, 5) is 2.21. The largest absolute Gasteiger partial charge is 0.397 e. The molecule has 0 aliphatic rings. The molecule has 0 aromatic rings. The molecule has 13 heavy (non-hydrogen) atoms. The fraction of sp³-hybridized carbons (Fsp3) is 1.00. The molecule has 0 aromatic carbocycles. The smallest absolute Gasteiger partial charge is 0.322 e. The molecule has 4 heteroatoms. The molecule has 0 N–H and O–H groups in total. The number of rotatable bonds is 7. The minimum absolute atomic E-state index is 0.551. The normalized spacial score (nSPS) is 14.1. The number of nitrogens with zero attached hydrogens (tertiary/aromatic N) is 1. The Morgan fingerprint density at radius 1 is 1.15 bits per heavy atom. The van der Waals surface area contributed by atoms with Crippen LogP contribution < -0.4 is 0 Å². The minimum Gasteiger partial charge on any atom is -0.397 e. The third kappa shape index (κ3) is 6.21. The van der Waals surface area contributed by atoms with Crippen LogP contribution in [0.25, 0.3) is 0 Å². The van der Waals surface area contributed by atoms with Crippen LogP contribution in [0, 0.1) is 0 Å². The predicted molar refractivity (Wildman–Crippen MR) is 58.4 cm³/mol. The van der Waals surface area contributed by atoms with Gasteiger partial charge >= 0.3 is 9.28 Å². The molecule has 0 saturated carbocycles. The Balaban J connectivity index is 3.78. The lowest BCUT2D eigenvalue weighted by Gasteiger charge is -2.23. The zero-order valence-electron chi connectivity index (χ0n) is 9.54. The second-order valence-electron chi connectivity index (χ2n) is 3.39. The van der Waals surface area contributed by atoms with Crippen molar-refractivity contribution < 1.29 is 8.85 Å². The monoisotopic (exact) mass is 205 g/mol. The van der Waals surface area contributed by atoms with Crippen LogP contribution >= 0.6 is 0 Å². The van der Waals surface area contributed by atoms with Gasteiger partial charge in [-0.1, -0.05) is 0 Å². The molecule has 3 nitrogen and oxygen atoms in total. The molecular weight excluding hydrogens is 182 g/mol. The highest BCUT2D eigenvalue weighted by Gasteiger charge is 2.17. The maximum absolute atomic E-state index is 5.59. The van der Waals surface area contributed by atoms with Crippen LogP contribution in [0.3, 0.4) is 0 Å². The van der Waals surface area contributed by atoms with Crippen LogP contribution in [0.5, 0.6) is 0 Å². The van der Waals surface area contributed by atoms with Crippen molar-refractivity contribution >= 4 is 9.28 Å². The Kier molecular flexibility index (Phi) is 7.55. The van der Waals surface area contributed by atoms with E-state index in [4.69, 9.17) is 8.85 Å². The second-order valence-corrected chi connectivity index (χ2v) is 5.39. The zero-order chi connectivity index (χ0) is 10.3. The SMILES string of the molecule is CCO[SiH](CC(C)N(C)C)OCC. The van der Waals surface area contributed by atoms with Gasteiger partial charge in [-0.2, -0.15) is 0 Å². The average Bonchev–Trinajstić information content (AvgIpc) is 2.05. The predicted octanol–water partition coefficient (Wildman–Crippen LogP) is 1.23. The highest BCUT2D eigenvalue weighted by Crippen LogP contribution is 2.06. The summed E-state index contributed by atoms with van der Waals surface area (Å²) in [5.74, 6) is 0. The summed E-state index contributed by atoms with van der Waals surface area (Å²) in [6, 6.07) is 1.61. The van der Waals surface area contributed by atoms with E-state index in [2.05, 4.69) is 25.9 Å². The van der Waals surface area contributed by atoms with E-state index in [-0.39, 0.29) is 0 Å². The van der Waals surface area contributed by atoms with Gasteiger partial charge in [-0.05, 0) is 34.9 Å². The topological polar surface area (TPSA) is 21.7 Å². The Morgan fingerprint density at radius 3 is 1.92 bits per heavy atom. The van der Waals surface area contributed by atoms with Crippen molar-refractivity contribution in [3.05, 3.63) is 0 Å². The summed E-state index contributed by atoms with van der Waals surface area (Å²) in [5, 5.41) is 0. The Labute approximate surface area is 83.9 Å². The molecule has 0 bridgehead atoms. The van der Waals surface area contributed by atoms with Crippen LogP contribution in [-0.2, 0) is 8.85 Å². The lowest BCUT2D eigenvalue weighted by atomic mass is 10.4. The van der Waals surface area contributed by atoms with Crippen LogP contribution in [0.15, 0.2) is 0 Å². The number of hydrogen-bond acceptors (Lipinski definition) is 3. The molecular formula is C9H23NO2Si. The first kappa shape index (κ1) is 13.1. The van der Waals surface area contributed by atoms with Gasteiger partial charge in [0.2, 0.25) is 0 Å². The average molecular weight is 205 g/mol. The Morgan fingerprint density at radius 2 is 1.62 bits per heavy atom. The lowest BCUT2D eigenvalue weighted by Crippen LogP contribution is -2.33. The standard InChI is InChI=1S/C9H23NO2Si/c1-6-11-13(12-7-2)8-9(3)10(4)5/h9,13H,6-8H2,1-5H3. The van der Waals surface area contributed by atoms with E-state index in [9.17, 15) is 0 Å². The van der Waals surface area contributed by atoms with Crippen LogP contribution in [-0.4, -0.2) is 47.5 Å². The highest BCUT2D eigenvalue weighted by molar-refractivity contribution is 6.44. The first-order valence-electron chi connectivity index (χ1n) is 5.01. The van der Waals surface area contributed by atoms with E-state index >= 15 is 0 Å². The maximum atomic E-state index is 5.59. The molecule has 0 aliphatic carbocycles. The third-order valence-electron chi connectivity index (χ3n) is 2.12. The van der Waals surface area contributed by atoms with Crippen molar-refractivity contribution in [1.82, 2.24) is 4.90 Å². The van der Waals surface area contributed by atoms with Crippen LogP contribution in [0.2, 0.25) is 6.04 Å². The molecule has 0 saturated heterocycles. The van der Waals surface area contributed by atoms with Gasteiger partial charge in [-0.15, -0.1) is 0 Å². The van der Waals surface area contributed by atoms with E-state index < -0.39 is 9.28 Å². The second kappa shape index (κ2) is 7.50. The van der Waals surface area contributed by atoms with Gasteiger partial charge in [0.1, 0.15) is 0 Å². The quantitative estimate of drug-likeness (QED) is 0.584. The van der Waals surface area contributed by atoms with Gasteiger partial charge in [0.05, 0.1) is 0 Å². The van der Waals surface area contributed by atoms with Crippen molar-refractivity contribution in [2.24, 2.45) is 0 Å². The van der Waals surface area contributed by atoms with Crippen LogP contribution in [0.4, 0.5) is 0 Å². The van der Waals surface area contributed by atoms with E-state index in [1.807, 2.05) is 13.8 Å². The first-order chi connectivity index (χ1) is 6.11. The van der Waals surface area contributed by atoms with Crippen molar-refractivity contribution in [3.63, 3.8) is 0 Å². The van der Waals surface area contributed by atoms with Gasteiger partial charge in [0.15, 0.2) is 0 Å². The molecule has 0 aromatic heterocycles. The van der Waals surface area contributed by atoms with Crippen molar-refractivity contribution in [1.29, 1.82) is 0 Å². The summed E-state index contributed by atoms with van der Waals surface area (Å²) < 4.78 is 11.2. The fourth-order valence-electron chi connectivity index (χ4n) is 1.05. The van der Waals surface area contributed by atoms with Gasteiger partial charge in [-0.3, -0.25) is 0 Å². The summed E-state index contributed by atoms with van der Waals surface area (Å²) >= 11 is 0. The van der Waals surface area contributed by atoms with E-state index in [0.29, 0.717) is 6.04 Å². The van der Waals surface area contributed by atoms with Gasteiger partial charge in [0.25, 0.3) is 0 Å². The van der Waals surface area contributed by atoms with Crippen molar-refractivity contribution in [3.8, 4) is 0 Å². The maximum Gasteiger partial charge on any atom is 0.322 e. The van der Waals surface area contributed by atoms with Gasteiger partial charge in [-0.25, -0.2) is 0 Å². The summed E-state index contributed by atoms with van der Waals surface area (Å²) in [6.07, 6.45) is 0. The Bertz CT molecular complexity index is 116. The van der Waals surface area contributed by atoms with Gasteiger partial charge in [0, 0.05) is 25.3 Å². The van der Waals surface area contributed by atoms with Gasteiger partial charge < -0.3 is 13.8 Å². The molecule has 1 unspecified atom stereocenters. The summed E-state index contributed by atoms with van der Waals surface area (Å²) in [7, 11) is 2.79. The number of hydrogen-bond donors (Lipinski definition) is 0. The first-order valence-corrected chi connectivity index (χ1v) is 6.77. The molecule has 0 fully saturated rings. The molecule has 0 heterocycles. The van der Waals surface area contributed by atoms with E-state index in [1.165, 1.54) is 0 Å². The lowest BCUT2D eigenvalue weighted by molar-refractivity contribution is 0.201. The summed E-state index contributed by atoms with van der Waals surface area (Å²) in [5.41, 5.74) is 0. The molecule has 80 valence electrons. The summed E-state index contributed by atoms with van der Waals surface area (Å²) in [6.45, 7) is 7.81. The zero-order valence-corrected chi connectivity index (χ0v) is 10.7. The van der Waals surface area contributed by atoms with E-state index in [1.54, 1.807) is 0 Å². The Hall–Kier alpha value is 0.0969. The molecule has 0 aliphatic heterocycles. The van der Waals surface area contributed by atoms with E-state index in [0.717, 1.165) is 19.3 Å². The molecule has 0 radical (unpaired) electrons. The van der Waals surface area contributed by atoms with Crippen molar-refractivity contribution in [2.45, 2.75) is 32.9 Å². The molecule has 0 amide bonds. The van der Waals surface area contributed by atoms with Crippen molar-refractivity contribution in [2.75, 3.05) is 27.3 Å². The highest BCUT2D eigenvalue weighted by atomic mass is 28.3. The molecule has 0 rings (SSSR count). The molecule has 0 spiro atoms. The molecule has 1 atom stereocenters. The van der Waals surface area contributed by atoms with Crippen LogP contribution in [0.1, 0.15) is 20.8 Å². The minimum atomic E-state index is -1.39. The third-order valence-corrected chi connectivity index (χ3v) is 4.60. The fourth-order valence-corrected chi connectivity index (χ4v) is 3.14.